The molecule has 0 N–H and O–H groups in total. The molecule has 4 rings (SSSR count). The molecule has 30 heavy (non-hydrogen) atoms. The molecule has 0 aromatic heterocycles. The van der Waals surface area contributed by atoms with Crippen LogP contribution in [-0.4, -0.2) is 44.6 Å². The van der Waals surface area contributed by atoms with Gasteiger partial charge in [-0.15, -0.1) is 0 Å². The number of benzene rings is 2. The van der Waals surface area contributed by atoms with Gasteiger partial charge in [0.15, 0.2) is 0 Å². The third-order valence-corrected chi connectivity index (χ3v) is 6.67. The summed E-state index contributed by atoms with van der Waals surface area (Å²) in [5.74, 6) is 0.554. The van der Waals surface area contributed by atoms with Gasteiger partial charge in [0.05, 0.1) is 18.9 Å². The third-order valence-electron chi connectivity index (χ3n) is 6.67. The number of nitrogens with zero attached hydrogens (tertiary/aromatic N) is 3. The average Bonchev–Trinajstić information content (AvgIpc) is 2.73. The predicted octanol–water partition coefficient (Wildman–Crippen LogP) is 5.69. The van der Waals surface area contributed by atoms with Crippen LogP contribution in [0.4, 0.5) is 17.1 Å². The van der Waals surface area contributed by atoms with Gasteiger partial charge >= 0.3 is 0 Å². The van der Waals surface area contributed by atoms with Gasteiger partial charge in [0, 0.05) is 42.8 Å². The molecule has 0 unspecified atom stereocenters. The van der Waals surface area contributed by atoms with Gasteiger partial charge in [0.1, 0.15) is 0 Å². The predicted molar refractivity (Wildman–Crippen MR) is 128 cm³/mol. The number of aryl methyl sites for hydroxylation is 1. The van der Waals surface area contributed by atoms with E-state index < -0.39 is 0 Å². The zero-order valence-electron chi connectivity index (χ0n) is 19.1. The smallest absolute Gasteiger partial charge is 0.0642 e. The van der Waals surface area contributed by atoms with Crippen LogP contribution in [0.2, 0.25) is 0 Å². The van der Waals surface area contributed by atoms with E-state index in [2.05, 4.69) is 80.8 Å². The van der Waals surface area contributed by atoms with Gasteiger partial charge in [0.25, 0.3) is 0 Å². The maximum Gasteiger partial charge on any atom is 0.0642 e. The molecule has 2 aromatic rings. The van der Waals surface area contributed by atoms with Crippen LogP contribution in [0.5, 0.6) is 0 Å². The first-order valence-electron chi connectivity index (χ1n) is 11.3. The van der Waals surface area contributed by atoms with Gasteiger partial charge in [-0.2, -0.15) is 0 Å². The van der Waals surface area contributed by atoms with E-state index in [4.69, 9.17) is 9.73 Å². The minimum atomic E-state index is 0.200. The van der Waals surface area contributed by atoms with Gasteiger partial charge in [-0.05, 0) is 93.1 Å². The summed E-state index contributed by atoms with van der Waals surface area (Å²) in [7, 11) is 0. The summed E-state index contributed by atoms with van der Waals surface area (Å²) >= 11 is 0. The van der Waals surface area contributed by atoms with Gasteiger partial charge in [0.2, 0.25) is 0 Å². The number of rotatable bonds is 4. The van der Waals surface area contributed by atoms with Crippen molar-refractivity contribution in [2.45, 2.75) is 52.5 Å². The summed E-state index contributed by atoms with van der Waals surface area (Å²) in [6.07, 6.45) is 3.21. The van der Waals surface area contributed by atoms with Crippen LogP contribution >= 0.6 is 0 Å². The minimum Gasteiger partial charge on any atom is -0.378 e. The fraction of sp³-hybridized carbons (Fsp3) is 0.500. The van der Waals surface area contributed by atoms with E-state index in [1.54, 1.807) is 0 Å². The minimum absolute atomic E-state index is 0.200. The Morgan fingerprint density at radius 1 is 1.13 bits per heavy atom. The molecule has 2 aliphatic rings. The van der Waals surface area contributed by atoms with Crippen molar-refractivity contribution >= 4 is 23.3 Å². The van der Waals surface area contributed by atoms with Crippen molar-refractivity contribution < 1.29 is 4.74 Å². The molecule has 1 fully saturated rings. The van der Waals surface area contributed by atoms with Crippen molar-refractivity contribution in [2.24, 2.45) is 4.99 Å². The second-order valence-corrected chi connectivity index (χ2v) is 9.30. The van der Waals surface area contributed by atoms with Gasteiger partial charge < -0.3 is 14.5 Å². The van der Waals surface area contributed by atoms with Crippen LogP contribution in [0.1, 0.15) is 56.7 Å². The largest absolute Gasteiger partial charge is 0.378 e. The first-order valence-corrected chi connectivity index (χ1v) is 11.3. The number of fused-ring (bicyclic) bond motifs is 1. The van der Waals surface area contributed by atoms with Crippen LogP contribution in [-0.2, 0) is 4.74 Å². The summed E-state index contributed by atoms with van der Waals surface area (Å²) in [5, 5.41) is 0. The molecule has 2 aliphatic heterocycles. The lowest BCUT2D eigenvalue weighted by molar-refractivity contribution is 0.122. The van der Waals surface area contributed by atoms with Crippen molar-refractivity contribution in [3.05, 3.63) is 53.1 Å². The Hall–Kier alpha value is -2.33. The normalized spacial score (nSPS) is 21.2. The molecule has 0 bridgehead atoms. The Balaban J connectivity index is 1.56. The van der Waals surface area contributed by atoms with E-state index in [-0.39, 0.29) is 5.54 Å². The maximum absolute atomic E-state index is 5.45. The highest BCUT2D eigenvalue weighted by molar-refractivity contribution is 5.86. The summed E-state index contributed by atoms with van der Waals surface area (Å²) in [5.41, 5.74) is 7.79. The van der Waals surface area contributed by atoms with Crippen LogP contribution < -0.4 is 9.80 Å². The Bertz CT molecular complexity index is 911. The second kappa shape index (κ2) is 8.43. The van der Waals surface area contributed by atoms with Crippen molar-refractivity contribution in [3.8, 4) is 0 Å². The second-order valence-electron chi connectivity index (χ2n) is 9.30. The van der Waals surface area contributed by atoms with Crippen molar-refractivity contribution in [3.63, 3.8) is 0 Å². The van der Waals surface area contributed by atoms with Crippen molar-refractivity contribution in [2.75, 3.05) is 42.6 Å². The number of hydrogen-bond acceptors (Lipinski definition) is 4. The molecule has 2 heterocycles. The molecule has 160 valence electrons. The zero-order valence-corrected chi connectivity index (χ0v) is 19.1. The lowest BCUT2D eigenvalue weighted by Crippen LogP contribution is -2.48. The SMILES string of the molecule is CCN1c2cc(C)c(C=Nc3ccc(N4CCOCC4)cc3)cc2[C@@H](C)CC1(C)C. The summed E-state index contributed by atoms with van der Waals surface area (Å²) in [6, 6.07) is 13.3. The molecule has 0 aliphatic carbocycles. The van der Waals surface area contributed by atoms with E-state index in [9.17, 15) is 0 Å². The summed E-state index contributed by atoms with van der Waals surface area (Å²) in [6.45, 7) is 16.1. The molecule has 0 spiro atoms. The molecule has 1 atom stereocenters. The number of morpholine rings is 1. The quantitative estimate of drug-likeness (QED) is 0.611. The molecule has 4 heteroatoms. The van der Waals surface area contributed by atoms with Crippen molar-refractivity contribution in [1.82, 2.24) is 0 Å². The number of anilines is 2. The number of ether oxygens (including phenoxy) is 1. The van der Waals surface area contributed by atoms with Gasteiger partial charge in [-0.25, -0.2) is 0 Å². The highest BCUT2D eigenvalue weighted by Crippen LogP contribution is 2.44. The highest BCUT2D eigenvalue weighted by atomic mass is 16.5. The molecular weight excluding hydrogens is 370 g/mol. The Kier molecular flexibility index (Phi) is 5.88. The Morgan fingerprint density at radius 3 is 2.50 bits per heavy atom. The number of hydrogen-bond donors (Lipinski definition) is 0. The Labute approximate surface area is 181 Å². The van der Waals surface area contributed by atoms with Crippen LogP contribution in [0.15, 0.2) is 41.4 Å². The van der Waals surface area contributed by atoms with E-state index in [1.165, 1.54) is 34.5 Å². The standard InChI is InChI=1S/C26H35N3O/c1-6-29-25-15-19(2)21(16-24(25)20(3)17-26(29,4)5)18-27-22-7-9-23(10-8-22)28-11-13-30-14-12-28/h7-10,15-16,18,20H,6,11-14,17H2,1-5H3/t20-/m0/s1. The lowest BCUT2D eigenvalue weighted by atomic mass is 9.79. The first kappa shape index (κ1) is 20.9. The molecule has 2 aromatic carbocycles. The van der Waals surface area contributed by atoms with Gasteiger partial charge in [-0.3, -0.25) is 4.99 Å². The summed E-state index contributed by atoms with van der Waals surface area (Å²) in [4.78, 5) is 9.71. The third kappa shape index (κ3) is 4.11. The van der Waals surface area contributed by atoms with Gasteiger partial charge in [-0.1, -0.05) is 6.92 Å². The van der Waals surface area contributed by atoms with E-state index >= 15 is 0 Å². The topological polar surface area (TPSA) is 28.1 Å². The Morgan fingerprint density at radius 2 is 1.83 bits per heavy atom. The molecule has 1 saturated heterocycles. The molecule has 0 radical (unpaired) electrons. The van der Waals surface area contributed by atoms with Crippen LogP contribution in [0.3, 0.4) is 0 Å². The van der Waals surface area contributed by atoms with E-state index in [0.29, 0.717) is 5.92 Å². The van der Waals surface area contributed by atoms with Crippen molar-refractivity contribution in [1.29, 1.82) is 0 Å². The molecule has 4 nitrogen and oxygen atoms in total. The first-order chi connectivity index (χ1) is 14.4. The molecule has 0 saturated carbocycles. The maximum atomic E-state index is 5.45. The van der Waals surface area contributed by atoms with Crippen LogP contribution in [0, 0.1) is 6.92 Å². The number of aliphatic imine (C=N–C) groups is 1. The highest BCUT2D eigenvalue weighted by Gasteiger charge is 2.35. The molecule has 0 amide bonds. The van der Waals surface area contributed by atoms with E-state index in [1.807, 2.05) is 6.21 Å². The monoisotopic (exact) mass is 405 g/mol. The zero-order chi connectivity index (χ0) is 21.3. The fourth-order valence-corrected chi connectivity index (χ4v) is 5.10. The fourth-order valence-electron chi connectivity index (χ4n) is 5.10. The van der Waals surface area contributed by atoms with Crippen LogP contribution in [0.25, 0.3) is 0 Å². The molecular formula is C26H35N3O. The lowest BCUT2D eigenvalue weighted by Gasteiger charge is -2.47. The average molecular weight is 406 g/mol. The van der Waals surface area contributed by atoms with E-state index in [0.717, 1.165) is 38.5 Å². The summed E-state index contributed by atoms with van der Waals surface area (Å²) < 4.78 is 5.45.